The maximum Gasteiger partial charge on any atom is 0.277 e. The number of nitrogen functional groups attached to an aromatic ring is 2. The van der Waals surface area contributed by atoms with E-state index in [-0.39, 0.29) is 34.9 Å². The molecule has 1 aromatic carbocycles. The number of anilines is 2. The fourth-order valence-corrected chi connectivity index (χ4v) is 3.77. The highest BCUT2D eigenvalue weighted by atomic mass is 35.5. The van der Waals surface area contributed by atoms with Crippen molar-refractivity contribution in [3.05, 3.63) is 40.4 Å². The number of benzene rings is 1. The average Bonchev–Trinajstić information content (AvgIpc) is 3.10. The Bertz CT molecular complexity index is 1180. The molecule has 0 radical (unpaired) electrons. The maximum atomic E-state index is 12.7. The first-order valence-electron chi connectivity index (χ1n) is 10.2. The number of aromatic nitrogens is 4. The minimum absolute atomic E-state index is 0.0453. The van der Waals surface area contributed by atoms with Crippen LogP contribution < -0.4 is 32.4 Å². The summed E-state index contributed by atoms with van der Waals surface area (Å²) in [6.45, 7) is 6.10. The number of hydrogen-bond acceptors (Lipinski definition) is 7. The van der Waals surface area contributed by atoms with Crippen molar-refractivity contribution in [2.75, 3.05) is 24.6 Å². The van der Waals surface area contributed by atoms with Gasteiger partial charge >= 0.3 is 0 Å². The highest BCUT2D eigenvalue weighted by Crippen LogP contribution is 2.20. The lowest BCUT2D eigenvalue weighted by atomic mass is 10.1. The van der Waals surface area contributed by atoms with Crippen molar-refractivity contribution in [3.63, 3.8) is 0 Å². The van der Waals surface area contributed by atoms with Gasteiger partial charge < -0.3 is 27.8 Å². The number of nitrogens with one attached hydrogen (secondary N) is 2. The van der Waals surface area contributed by atoms with Crippen molar-refractivity contribution in [2.45, 2.75) is 33.5 Å². The van der Waals surface area contributed by atoms with Gasteiger partial charge in [-0.2, -0.15) is 0 Å². The number of rotatable bonds is 8. The third kappa shape index (κ3) is 4.30. The molecule has 170 valence electrons. The van der Waals surface area contributed by atoms with E-state index < -0.39 is 5.91 Å². The van der Waals surface area contributed by atoms with E-state index >= 15 is 0 Å². The highest BCUT2D eigenvalue weighted by Gasteiger charge is 2.28. The number of fused-ring (bicyclic) bond motifs is 1. The van der Waals surface area contributed by atoms with Crippen molar-refractivity contribution in [3.8, 4) is 0 Å². The zero-order valence-corrected chi connectivity index (χ0v) is 18.7. The number of hydrogen-bond donors (Lipinski definition) is 5. The van der Waals surface area contributed by atoms with Crippen LogP contribution in [-0.2, 0) is 19.6 Å². The maximum absolute atomic E-state index is 12.7. The molecular formula is C20H27ClN9O2+. The van der Waals surface area contributed by atoms with Gasteiger partial charge in [0.05, 0.1) is 18.7 Å². The van der Waals surface area contributed by atoms with Crippen molar-refractivity contribution in [1.82, 2.24) is 25.2 Å². The summed E-state index contributed by atoms with van der Waals surface area (Å²) in [6.07, 6.45) is 0. The lowest BCUT2D eigenvalue weighted by Gasteiger charge is -2.08. The summed E-state index contributed by atoms with van der Waals surface area (Å²) in [5.74, 6) is -0.0794. The Kier molecular flexibility index (Phi) is 7.11. The average molecular weight is 461 g/mol. The summed E-state index contributed by atoms with van der Waals surface area (Å²) in [7, 11) is 0. The van der Waals surface area contributed by atoms with E-state index in [4.69, 9.17) is 28.8 Å². The van der Waals surface area contributed by atoms with Gasteiger partial charge in [0.25, 0.3) is 17.6 Å². The van der Waals surface area contributed by atoms with Crippen LogP contribution in [0.25, 0.3) is 11.0 Å². The lowest BCUT2D eigenvalue weighted by Crippen LogP contribution is -2.41. The van der Waals surface area contributed by atoms with Crippen LogP contribution in [0.5, 0.6) is 0 Å². The van der Waals surface area contributed by atoms with Crippen LogP contribution >= 0.6 is 11.6 Å². The fourth-order valence-electron chi connectivity index (χ4n) is 3.65. The van der Waals surface area contributed by atoms with Gasteiger partial charge in [0, 0.05) is 13.1 Å². The zero-order valence-electron chi connectivity index (χ0n) is 18.0. The number of imidazole rings is 1. The Morgan fingerprint density at radius 1 is 1.12 bits per heavy atom. The van der Waals surface area contributed by atoms with Gasteiger partial charge in [0.1, 0.15) is 6.54 Å². The summed E-state index contributed by atoms with van der Waals surface area (Å²) in [6, 6.07) is 5.55. The molecule has 0 bridgehead atoms. The van der Waals surface area contributed by atoms with E-state index in [0.29, 0.717) is 31.7 Å². The Morgan fingerprint density at radius 2 is 1.88 bits per heavy atom. The Morgan fingerprint density at radius 3 is 2.53 bits per heavy atom. The zero-order chi connectivity index (χ0) is 23.4. The molecule has 3 rings (SSSR count). The number of nitrogens with zero attached hydrogens (tertiary/aromatic N) is 4. The first-order chi connectivity index (χ1) is 15.3. The van der Waals surface area contributed by atoms with Crippen molar-refractivity contribution >= 4 is 46.1 Å². The molecule has 3 aromatic rings. The van der Waals surface area contributed by atoms with Crippen LogP contribution in [0, 0.1) is 0 Å². The second kappa shape index (κ2) is 9.79. The number of carbonyl (C=O) groups is 2. The van der Waals surface area contributed by atoms with Gasteiger partial charge in [0.2, 0.25) is 0 Å². The van der Waals surface area contributed by atoms with E-state index in [1.54, 1.807) is 6.07 Å². The molecule has 0 atom stereocenters. The molecule has 0 aliphatic carbocycles. The SMILES string of the molecule is CCn1c(CNC(=O)c2nc(Cl)c(N)nc2N)[n+](CC)c2c(C(=O)NCCN)cccc21. The minimum Gasteiger partial charge on any atom is -0.382 e. The number of nitrogens with two attached hydrogens (primary N) is 3. The fraction of sp³-hybridized carbons (Fsp3) is 0.350. The Hall–Kier alpha value is -3.44. The van der Waals surface area contributed by atoms with E-state index in [1.165, 1.54) is 0 Å². The monoisotopic (exact) mass is 460 g/mol. The number of amides is 2. The number of aryl methyl sites for hydroxylation is 2. The summed E-state index contributed by atoms with van der Waals surface area (Å²) in [5.41, 5.74) is 19.0. The standard InChI is InChI=1S/C20H26ClN9O2/c1-3-29-12-7-5-6-11(19(31)25-9-8-22)15(12)30(4-2)13(29)10-26-20(32)14-17(23)28-18(24)16(21)27-14/h5-7H,3-4,8-10,22H2,1-2H3,(H5-,23,24,25,26,28,31,32)/p+1. The van der Waals surface area contributed by atoms with Crippen LogP contribution in [-0.4, -0.2) is 39.4 Å². The minimum atomic E-state index is -0.534. The first kappa shape index (κ1) is 23.2. The smallest absolute Gasteiger partial charge is 0.277 e. The van der Waals surface area contributed by atoms with E-state index in [1.807, 2.05) is 35.1 Å². The van der Waals surface area contributed by atoms with Gasteiger partial charge in [-0.1, -0.05) is 17.7 Å². The number of halogens is 1. The lowest BCUT2D eigenvalue weighted by molar-refractivity contribution is -0.676. The molecule has 8 N–H and O–H groups in total. The molecule has 11 nitrogen and oxygen atoms in total. The Balaban J connectivity index is 2.00. The van der Waals surface area contributed by atoms with Crippen LogP contribution in [0.2, 0.25) is 5.15 Å². The van der Waals surface area contributed by atoms with Gasteiger partial charge in [-0.15, -0.1) is 0 Å². The second-order valence-electron chi connectivity index (χ2n) is 6.94. The molecule has 2 aromatic heterocycles. The van der Waals surface area contributed by atoms with E-state index in [0.717, 1.165) is 16.9 Å². The number of para-hydroxylation sites is 1. The highest BCUT2D eigenvalue weighted by molar-refractivity contribution is 6.31. The van der Waals surface area contributed by atoms with Crippen LogP contribution in [0.3, 0.4) is 0 Å². The molecule has 0 saturated heterocycles. The van der Waals surface area contributed by atoms with Gasteiger partial charge in [0.15, 0.2) is 33.5 Å². The van der Waals surface area contributed by atoms with E-state index in [9.17, 15) is 9.59 Å². The van der Waals surface area contributed by atoms with Gasteiger partial charge in [-0.25, -0.2) is 19.1 Å². The summed E-state index contributed by atoms with van der Waals surface area (Å²) in [5, 5.41) is 5.54. The largest absolute Gasteiger partial charge is 0.382 e. The molecule has 0 aliphatic heterocycles. The molecule has 2 heterocycles. The van der Waals surface area contributed by atoms with Crippen LogP contribution in [0.4, 0.5) is 11.6 Å². The van der Waals surface area contributed by atoms with Gasteiger partial charge in [-0.3, -0.25) is 9.59 Å². The van der Waals surface area contributed by atoms with E-state index in [2.05, 4.69) is 20.6 Å². The molecular weight excluding hydrogens is 434 g/mol. The summed E-state index contributed by atoms with van der Waals surface area (Å²) in [4.78, 5) is 33.2. The molecule has 0 unspecified atom stereocenters. The third-order valence-corrected chi connectivity index (χ3v) is 5.31. The number of carbonyl (C=O) groups excluding carboxylic acids is 2. The molecule has 0 aliphatic rings. The topological polar surface area (TPSA) is 171 Å². The molecule has 0 saturated carbocycles. The normalized spacial score (nSPS) is 11.0. The van der Waals surface area contributed by atoms with Crippen LogP contribution in [0.15, 0.2) is 18.2 Å². The quantitative estimate of drug-likeness (QED) is 0.298. The first-order valence-corrected chi connectivity index (χ1v) is 10.6. The molecule has 2 amide bonds. The predicted octanol–water partition coefficient (Wildman–Crippen LogP) is 0.195. The van der Waals surface area contributed by atoms with Crippen molar-refractivity contribution in [1.29, 1.82) is 0 Å². The van der Waals surface area contributed by atoms with Crippen LogP contribution in [0.1, 0.15) is 40.5 Å². The third-order valence-electron chi connectivity index (χ3n) is 5.03. The van der Waals surface area contributed by atoms with Crippen molar-refractivity contribution in [2.24, 2.45) is 5.73 Å². The Labute approximate surface area is 189 Å². The molecule has 0 fully saturated rings. The van der Waals surface area contributed by atoms with Gasteiger partial charge in [-0.05, 0) is 26.0 Å². The molecule has 0 spiro atoms. The molecule has 12 heteroatoms. The summed E-state index contributed by atoms with van der Waals surface area (Å²) < 4.78 is 4.05. The van der Waals surface area contributed by atoms with Crippen molar-refractivity contribution < 1.29 is 14.2 Å². The summed E-state index contributed by atoms with van der Waals surface area (Å²) >= 11 is 5.89. The predicted molar refractivity (Wildman–Crippen MR) is 122 cm³/mol. The molecule has 32 heavy (non-hydrogen) atoms. The second-order valence-corrected chi connectivity index (χ2v) is 7.30.